The van der Waals surface area contributed by atoms with Crippen LogP contribution in [0.2, 0.25) is 0 Å². The summed E-state index contributed by atoms with van der Waals surface area (Å²) in [5, 5.41) is 8.56. The molecule has 10 nitrogen and oxygen atoms in total. The van der Waals surface area contributed by atoms with E-state index in [1.165, 1.54) is 6.42 Å². The van der Waals surface area contributed by atoms with Crippen LogP contribution in [0.15, 0.2) is 30.3 Å². The first kappa shape index (κ1) is 34.5. The Balaban J connectivity index is 1.75. The Hall–Kier alpha value is -2.98. The monoisotopic (exact) mass is 600 g/mol. The van der Waals surface area contributed by atoms with Gasteiger partial charge < -0.3 is 30.3 Å². The number of hydrogen-bond acceptors (Lipinski definition) is 6. The van der Waals surface area contributed by atoms with E-state index in [-0.39, 0.29) is 24.7 Å². The van der Waals surface area contributed by atoms with Crippen molar-refractivity contribution in [2.75, 3.05) is 32.9 Å². The van der Waals surface area contributed by atoms with E-state index in [0.717, 1.165) is 31.2 Å². The van der Waals surface area contributed by atoms with Crippen molar-refractivity contribution >= 4 is 23.6 Å². The lowest BCUT2D eigenvalue weighted by Gasteiger charge is -2.33. The molecule has 1 aromatic carbocycles. The van der Waals surface area contributed by atoms with Crippen molar-refractivity contribution in [2.24, 2.45) is 11.3 Å². The van der Waals surface area contributed by atoms with E-state index in [1.807, 2.05) is 44.2 Å². The minimum absolute atomic E-state index is 0.0722. The van der Waals surface area contributed by atoms with E-state index in [0.29, 0.717) is 45.1 Å². The minimum atomic E-state index is -1.21. The molecule has 1 aromatic rings. The summed E-state index contributed by atoms with van der Waals surface area (Å²) in [4.78, 5) is 55.3. The molecule has 2 aliphatic rings. The molecule has 0 spiro atoms. The zero-order chi connectivity index (χ0) is 31.5. The van der Waals surface area contributed by atoms with Crippen LogP contribution in [0.5, 0.6) is 0 Å². The summed E-state index contributed by atoms with van der Waals surface area (Å²) < 4.78 is 11.2. The Bertz CT molecular complexity index is 1060. The minimum Gasteiger partial charge on any atom is -0.378 e. The first-order chi connectivity index (χ1) is 20.3. The van der Waals surface area contributed by atoms with Gasteiger partial charge in [-0.2, -0.15) is 0 Å². The van der Waals surface area contributed by atoms with Crippen molar-refractivity contribution in [3.63, 3.8) is 0 Å². The third kappa shape index (κ3) is 12.3. The molecule has 0 radical (unpaired) electrons. The topological polar surface area (TPSA) is 126 Å². The molecule has 240 valence electrons. The van der Waals surface area contributed by atoms with Gasteiger partial charge in [0, 0.05) is 18.6 Å². The molecular weight excluding hydrogens is 548 g/mol. The molecule has 3 rings (SSSR count). The van der Waals surface area contributed by atoms with Crippen molar-refractivity contribution in [3.05, 3.63) is 35.9 Å². The average Bonchev–Trinajstić information content (AvgIpc) is 2.95. The van der Waals surface area contributed by atoms with Gasteiger partial charge in [0.15, 0.2) is 0 Å². The van der Waals surface area contributed by atoms with Crippen LogP contribution < -0.4 is 16.0 Å². The number of morpholine rings is 1. The molecule has 1 heterocycles. The fourth-order valence-electron chi connectivity index (χ4n) is 6.22. The summed E-state index contributed by atoms with van der Waals surface area (Å²) >= 11 is 0. The first-order valence-electron chi connectivity index (χ1n) is 15.7. The van der Waals surface area contributed by atoms with E-state index < -0.39 is 35.2 Å². The van der Waals surface area contributed by atoms with Crippen LogP contribution in [0, 0.1) is 11.3 Å². The van der Waals surface area contributed by atoms with Crippen molar-refractivity contribution < 1.29 is 28.7 Å². The number of hydrogen-bond donors (Lipinski definition) is 3. The van der Waals surface area contributed by atoms with Crippen LogP contribution >= 0.6 is 0 Å². The SMILES string of the molecule is CC(C)(C)CC(C)(C)NC(=O)C(=O)[C@H](COCc1ccccc1)NC(=O)[C@H](CC1CCCCC1)NC(=O)N1CCOCC1. The number of urea groups is 1. The molecule has 10 heteroatoms. The molecule has 3 N–H and O–H groups in total. The zero-order valence-electron chi connectivity index (χ0n) is 26.7. The quantitative estimate of drug-likeness (QED) is 0.294. The highest BCUT2D eigenvalue weighted by Crippen LogP contribution is 2.28. The van der Waals surface area contributed by atoms with Crippen LogP contribution in [0.3, 0.4) is 0 Å². The van der Waals surface area contributed by atoms with Crippen molar-refractivity contribution in [3.8, 4) is 0 Å². The largest absolute Gasteiger partial charge is 0.378 e. The fourth-order valence-corrected chi connectivity index (χ4v) is 6.22. The highest BCUT2D eigenvalue weighted by atomic mass is 16.5. The number of carbonyl (C=O) groups is 4. The summed E-state index contributed by atoms with van der Waals surface area (Å²) in [6.07, 6.45) is 6.46. The van der Waals surface area contributed by atoms with E-state index in [2.05, 4.69) is 36.7 Å². The number of amides is 4. The number of nitrogens with zero attached hydrogens (tertiary/aromatic N) is 1. The van der Waals surface area contributed by atoms with Gasteiger partial charge in [0.1, 0.15) is 12.1 Å². The average molecular weight is 601 g/mol. The van der Waals surface area contributed by atoms with Crippen LogP contribution in [0.25, 0.3) is 0 Å². The molecular formula is C33H52N4O6. The lowest BCUT2D eigenvalue weighted by atomic mass is 9.81. The summed E-state index contributed by atoms with van der Waals surface area (Å²) in [5.74, 6) is -1.75. The maximum atomic E-state index is 13.8. The number of nitrogens with one attached hydrogen (secondary N) is 3. The standard InChI is InChI=1S/C33H52N4O6/c1-32(2,3)23-33(4,5)36-30(40)28(38)27(22-43-21-25-14-10-7-11-15-25)34-29(39)26(20-24-12-8-6-9-13-24)35-31(41)37-16-18-42-19-17-37/h7,10-11,14-15,24,26-27H,6,8-9,12-13,16-23H2,1-5H3,(H,34,39)(H,35,41)(H,36,40)/t26-,27-/m0/s1. The molecule has 1 saturated heterocycles. The number of benzene rings is 1. The lowest BCUT2D eigenvalue weighted by molar-refractivity contribution is -0.142. The molecule has 0 unspecified atom stereocenters. The van der Waals surface area contributed by atoms with Crippen molar-refractivity contribution in [2.45, 2.75) is 104 Å². The van der Waals surface area contributed by atoms with E-state index in [9.17, 15) is 19.2 Å². The van der Waals surface area contributed by atoms with Gasteiger partial charge in [-0.25, -0.2) is 4.79 Å². The smallest absolute Gasteiger partial charge is 0.318 e. The summed E-state index contributed by atoms with van der Waals surface area (Å²) in [6.45, 7) is 11.8. The Morgan fingerprint density at radius 3 is 2.21 bits per heavy atom. The number of carbonyl (C=O) groups excluding carboxylic acids is 4. The van der Waals surface area contributed by atoms with Crippen molar-refractivity contribution in [1.29, 1.82) is 0 Å². The summed E-state index contributed by atoms with van der Waals surface area (Å²) in [6, 6.07) is 7.10. The molecule has 1 aliphatic heterocycles. The molecule has 2 atom stereocenters. The predicted molar refractivity (Wildman–Crippen MR) is 165 cm³/mol. The predicted octanol–water partition coefficient (Wildman–Crippen LogP) is 3.97. The summed E-state index contributed by atoms with van der Waals surface area (Å²) in [7, 11) is 0. The normalized spacial score (nSPS) is 17.9. The van der Waals surface area contributed by atoms with Gasteiger partial charge in [0.25, 0.3) is 5.91 Å². The molecule has 43 heavy (non-hydrogen) atoms. The van der Waals surface area contributed by atoms with Gasteiger partial charge in [0.2, 0.25) is 11.7 Å². The second-order valence-electron chi connectivity index (χ2n) is 13.8. The highest BCUT2D eigenvalue weighted by Gasteiger charge is 2.35. The Labute approximate surface area is 257 Å². The van der Waals surface area contributed by atoms with Crippen LogP contribution in [-0.4, -0.2) is 79.1 Å². The first-order valence-corrected chi connectivity index (χ1v) is 15.7. The number of ether oxygens (including phenoxy) is 2. The third-order valence-electron chi connectivity index (χ3n) is 7.88. The van der Waals surface area contributed by atoms with Gasteiger partial charge in [-0.1, -0.05) is 83.2 Å². The Kier molecular flexibility index (Phi) is 13.0. The van der Waals surface area contributed by atoms with Crippen molar-refractivity contribution in [1.82, 2.24) is 20.9 Å². The Morgan fingerprint density at radius 1 is 0.930 bits per heavy atom. The second-order valence-corrected chi connectivity index (χ2v) is 13.8. The zero-order valence-corrected chi connectivity index (χ0v) is 26.7. The lowest BCUT2D eigenvalue weighted by Crippen LogP contribution is -2.59. The van der Waals surface area contributed by atoms with Gasteiger partial charge >= 0.3 is 6.03 Å². The van der Waals surface area contributed by atoms with E-state index in [1.54, 1.807) is 4.90 Å². The summed E-state index contributed by atoms with van der Waals surface area (Å²) in [5.41, 5.74) is 0.195. The van der Waals surface area contributed by atoms with Gasteiger partial charge in [-0.05, 0) is 43.6 Å². The molecule has 2 fully saturated rings. The van der Waals surface area contributed by atoms with E-state index >= 15 is 0 Å². The van der Waals surface area contributed by atoms with E-state index in [4.69, 9.17) is 9.47 Å². The molecule has 0 bridgehead atoms. The van der Waals surface area contributed by atoms with Gasteiger partial charge in [-0.15, -0.1) is 0 Å². The number of rotatable bonds is 13. The van der Waals surface area contributed by atoms with Crippen LogP contribution in [-0.2, 0) is 30.5 Å². The molecule has 4 amide bonds. The second kappa shape index (κ2) is 16.2. The highest BCUT2D eigenvalue weighted by molar-refractivity contribution is 6.38. The van der Waals surface area contributed by atoms with Crippen LogP contribution in [0.4, 0.5) is 4.79 Å². The Morgan fingerprint density at radius 2 is 1.58 bits per heavy atom. The number of ketones is 1. The molecule has 1 aliphatic carbocycles. The van der Waals surface area contributed by atoms with Gasteiger partial charge in [0.05, 0.1) is 26.4 Å². The number of Topliss-reactive ketones (excluding diaryl/α,β-unsaturated/α-hetero) is 1. The molecule has 1 saturated carbocycles. The van der Waals surface area contributed by atoms with Gasteiger partial charge in [-0.3, -0.25) is 14.4 Å². The fraction of sp³-hybridized carbons (Fsp3) is 0.697. The van der Waals surface area contributed by atoms with Crippen LogP contribution in [0.1, 0.15) is 85.1 Å². The maximum Gasteiger partial charge on any atom is 0.318 e. The maximum absolute atomic E-state index is 13.8. The third-order valence-corrected chi connectivity index (χ3v) is 7.88. The molecule has 0 aromatic heterocycles.